The van der Waals surface area contributed by atoms with E-state index >= 15 is 0 Å². The normalized spacial score (nSPS) is 20.0. The molecule has 0 bridgehead atoms. The molecule has 0 spiro atoms. The topological polar surface area (TPSA) is 94.6 Å². The van der Waals surface area contributed by atoms with Crippen LogP contribution < -0.4 is 0 Å². The highest BCUT2D eigenvalue weighted by atomic mass is 16.7. The number of unbranched alkanes of at least 4 members (excludes halogenated alkanes) is 8. The van der Waals surface area contributed by atoms with Gasteiger partial charge >= 0.3 is 17.9 Å². The predicted octanol–water partition coefficient (Wildman–Crippen LogP) is 3.14. The van der Waals surface area contributed by atoms with Gasteiger partial charge in [0, 0.05) is 6.42 Å². The summed E-state index contributed by atoms with van der Waals surface area (Å²) >= 11 is 0. The lowest BCUT2D eigenvalue weighted by molar-refractivity contribution is -0.183. The van der Waals surface area contributed by atoms with Crippen molar-refractivity contribution in [2.24, 2.45) is 0 Å². The summed E-state index contributed by atoms with van der Waals surface area (Å²) < 4.78 is 22.0. The average Bonchev–Trinajstić information content (AvgIpc) is 3.10. The first-order valence-electron chi connectivity index (χ1n) is 12.7. The molecule has 9 heteroatoms. The van der Waals surface area contributed by atoms with Crippen LogP contribution in [0.3, 0.4) is 0 Å². The summed E-state index contributed by atoms with van der Waals surface area (Å²) in [7, 11) is 7.07. The van der Waals surface area contributed by atoms with Gasteiger partial charge < -0.3 is 18.9 Å². The SMILES string of the molecule is CCCCCCCCCCCC(=O)O[C@@H]1C[C@H](OC(=O)CN(C)C)O[C@@H]1COC(=O)CN(C)C. The molecule has 1 rings (SSSR count). The molecule has 0 aromatic rings. The van der Waals surface area contributed by atoms with Crippen LogP contribution in [0.2, 0.25) is 0 Å². The van der Waals surface area contributed by atoms with Crippen molar-refractivity contribution in [3.8, 4) is 0 Å². The molecule has 1 saturated heterocycles. The van der Waals surface area contributed by atoms with E-state index in [1.807, 2.05) is 0 Å². The number of nitrogens with zero attached hydrogens (tertiary/aromatic N) is 2. The first-order chi connectivity index (χ1) is 16.2. The maximum Gasteiger partial charge on any atom is 0.322 e. The number of ether oxygens (including phenoxy) is 4. The molecule has 0 aliphatic carbocycles. The number of carbonyl (C=O) groups is 3. The molecule has 0 radical (unpaired) electrons. The Morgan fingerprint density at radius 3 is 1.91 bits per heavy atom. The predicted molar refractivity (Wildman–Crippen MR) is 129 cm³/mol. The lowest BCUT2D eigenvalue weighted by Crippen LogP contribution is -2.34. The molecule has 1 aliphatic heterocycles. The van der Waals surface area contributed by atoms with Crippen molar-refractivity contribution in [2.75, 3.05) is 47.9 Å². The largest absolute Gasteiger partial charge is 0.462 e. The average molecular weight is 487 g/mol. The Morgan fingerprint density at radius 1 is 0.765 bits per heavy atom. The van der Waals surface area contributed by atoms with Crippen LogP contribution in [0.1, 0.15) is 77.6 Å². The summed E-state index contributed by atoms with van der Waals surface area (Å²) in [5.41, 5.74) is 0. The van der Waals surface area contributed by atoms with Crippen LogP contribution in [0.4, 0.5) is 0 Å². The van der Waals surface area contributed by atoms with Gasteiger partial charge in [-0.3, -0.25) is 24.2 Å². The van der Waals surface area contributed by atoms with Crippen LogP contribution in [0.5, 0.6) is 0 Å². The zero-order valence-corrected chi connectivity index (χ0v) is 21.9. The molecule has 0 aromatic heterocycles. The lowest BCUT2D eigenvalue weighted by atomic mass is 10.1. The van der Waals surface area contributed by atoms with Crippen LogP contribution in [0.25, 0.3) is 0 Å². The molecule has 0 N–H and O–H groups in total. The van der Waals surface area contributed by atoms with Crippen LogP contribution in [-0.2, 0) is 33.3 Å². The Labute approximate surface area is 205 Å². The first kappa shape index (κ1) is 30.3. The van der Waals surface area contributed by atoms with E-state index in [4.69, 9.17) is 18.9 Å². The van der Waals surface area contributed by atoms with Gasteiger partial charge in [-0.2, -0.15) is 0 Å². The van der Waals surface area contributed by atoms with Crippen molar-refractivity contribution in [3.05, 3.63) is 0 Å². The molecular formula is C25H46N2O7. The Balaban J connectivity index is 2.43. The fourth-order valence-electron chi connectivity index (χ4n) is 3.75. The van der Waals surface area contributed by atoms with Crippen molar-refractivity contribution in [1.29, 1.82) is 0 Å². The van der Waals surface area contributed by atoms with Gasteiger partial charge in [-0.25, -0.2) is 0 Å². The zero-order valence-electron chi connectivity index (χ0n) is 21.9. The van der Waals surface area contributed by atoms with Crippen molar-refractivity contribution in [2.45, 2.75) is 96.1 Å². The van der Waals surface area contributed by atoms with E-state index < -0.39 is 30.4 Å². The number of hydrogen-bond donors (Lipinski definition) is 0. The summed E-state index contributed by atoms with van der Waals surface area (Å²) in [6.07, 6.45) is 8.95. The van der Waals surface area contributed by atoms with E-state index in [0.717, 1.165) is 19.3 Å². The van der Waals surface area contributed by atoms with E-state index in [-0.39, 0.29) is 32.1 Å². The van der Waals surface area contributed by atoms with E-state index in [2.05, 4.69) is 6.92 Å². The van der Waals surface area contributed by atoms with Crippen molar-refractivity contribution in [3.63, 3.8) is 0 Å². The molecule has 3 atom stereocenters. The van der Waals surface area contributed by atoms with E-state index in [0.29, 0.717) is 6.42 Å². The molecule has 198 valence electrons. The Morgan fingerprint density at radius 2 is 1.32 bits per heavy atom. The molecule has 1 aliphatic rings. The Bertz CT molecular complexity index is 598. The summed E-state index contributed by atoms with van der Waals surface area (Å²) in [5.74, 6) is -1.14. The van der Waals surface area contributed by atoms with Crippen LogP contribution in [0, 0.1) is 0 Å². The second kappa shape index (κ2) is 17.7. The minimum Gasteiger partial charge on any atom is -0.462 e. The third-order valence-corrected chi connectivity index (χ3v) is 5.50. The second-order valence-corrected chi connectivity index (χ2v) is 9.59. The summed E-state index contributed by atoms with van der Waals surface area (Å²) in [6, 6.07) is 0. The molecular weight excluding hydrogens is 440 g/mol. The van der Waals surface area contributed by atoms with Gasteiger partial charge in [0.2, 0.25) is 6.29 Å². The lowest BCUT2D eigenvalue weighted by Gasteiger charge is -2.19. The summed E-state index contributed by atoms with van der Waals surface area (Å²) in [4.78, 5) is 39.7. The van der Waals surface area contributed by atoms with Gasteiger partial charge in [0.05, 0.1) is 19.5 Å². The van der Waals surface area contributed by atoms with Gasteiger partial charge in [-0.05, 0) is 34.6 Å². The molecule has 0 aromatic carbocycles. The van der Waals surface area contributed by atoms with E-state index in [9.17, 15) is 14.4 Å². The van der Waals surface area contributed by atoms with Gasteiger partial charge in [-0.1, -0.05) is 58.3 Å². The standard InChI is InChI=1S/C25H46N2O7/c1-6-7-8-9-10-11-12-13-14-15-22(28)32-20-16-25(34-24(30)18-27(4)5)33-21(20)19-31-23(29)17-26(2)3/h20-21,25H,6-19H2,1-5H3/t20-,21-,25+/m1/s1. The highest BCUT2D eigenvalue weighted by Crippen LogP contribution is 2.26. The minimum atomic E-state index is -0.837. The molecule has 0 saturated carbocycles. The number of likely N-dealkylation sites (N-methyl/N-ethyl adjacent to an activating group) is 2. The number of esters is 3. The van der Waals surface area contributed by atoms with Crippen molar-refractivity contribution in [1.82, 2.24) is 9.80 Å². The number of carbonyl (C=O) groups excluding carboxylic acids is 3. The number of rotatable bonds is 18. The van der Waals surface area contributed by atoms with Crippen LogP contribution in [0.15, 0.2) is 0 Å². The number of hydrogen-bond acceptors (Lipinski definition) is 9. The molecule has 34 heavy (non-hydrogen) atoms. The fraction of sp³-hybridized carbons (Fsp3) is 0.880. The third-order valence-electron chi connectivity index (χ3n) is 5.50. The maximum atomic E-state index is 12.4. The minimum absolute atomic E-state index is 0.0651. The third kappa shape index (κ3) is 14.5. The molecule has 9 nitrogen and oxygen atoms in total. The highest BCUT2D eigenvalue weighted by Gasteiger charge is 2.40. The Hall–Kier alpha value is -1.71. The second-order valence-electron chi connectivity index (χ2n) is 9.59. The zero-order chi connectivity index (χ0) is 25.3. The molecule has 0 unspecified atom stereocenters. The molecule has 1 fully saturated rings. The summed E-state index contributed by atoms with van der Waals surface area (Å²) in [5, 5.41) is 0. The van der Waals surface area contributed by atoms with E-state index in [1.54, 1.807) is 38.0 Å². The highest BCUT2D eigenvalue weighted by molar-refractivity contribution is 5.72. The van der Waals surface area contributed by atoms with Crippen LogP contribution >= 0.6 is 0 Å². The molecule has 1 heterocycles. The van der Waals surface area contributed by atoms with Gasteiger partial charge in [0.15, 0.2) is 0 Å². The molecule has 0 amide bonds. The van der Waals surface area contributed by atoms with Gasteiger partial charge in [0.25, 0.3) is 0 Å². The monoisotopic (exact) mass is 486 g/mol. The quantitative estimate of drug-likeness (QED) is 0.164. The van der Waals surface area contributed by atoms with Crippen LogP contribution in [-0.4, -0.2) is 94.1 Å². The first-order valence-corrected chi connectivity index (χ1v) is 12.7. The van der Waals surface area contributed by atoms with Crippen molar-refractivity contribution >= 4 is 17.9 Å². The van der Waals surface area contributed by atoms with Crippen molar-refractivity contribution < 1.29 is 33.3 Å². The van der Waals surface area contributed by atoms with E-state index in [1.165, 1.54) is 38.5 Å². The Kier molecular flexibility index (Phi) is 15.8. The summed E-state index contributed by atoms with van der Waals surface area (Å²) in [6.45, 7) is 2.40. The maximum absolute atomic E-state index is 12.4. The van der Waals surface area contributed by atoms with Gasteiger partial charge in [-0.15, -0.1) is 0 Å². The fourth-order valence-corrected chi connectivity index (χ4v) is 3.75. The van der Waals surface area contributed by atoms with Gasteiger partial charge in [0.1, 0.15) is 18.8 Å². The smallest absolute Gasteiger partial charge is 0.322 e.